The lowest BCUT2D eigenvalue weighted by Gasteiger charge is -2.07. The van der Waals surface area contributed by atoms with Crippen molar-refractivity contribution in [2.75, 3.05) is 7.11 Å². The van der Waals surface area contributed by atoms with Gasteiger partial charge < -0.3 is 4.74 Å². The van der Waals surface area contributed by atoms with Crippen molar-refractivity contribution >= 4 is 11.3 Å². The molecule has 0 aliphatic carbocycles. The Bertz CT molecular complexity index is 1310. The molecule has 0 spiro atoms. The highest BCUT2D eigenvalue weighted by atomic mass is 16.5. The summed E-state index contributed by atoms with van der Waals surface area (Å²) < 4.78 is 8.42. The van der Waals surface area contributed by atoms with Crippen molar-refractivity contribution in [2.24, 2.45) is 0 Å². The molecule has 0 fully saturated rings. The summed E-state index contributed by atoms with van der Waals surface area (Å²) in [6, 6.07) is 21.4. The monoisotopic (exact) mass is 357 g/mol. The van der Waals surface area contributed by atoms with Crippen molar-refractivity contribution in [3.8, 4) is 28.3 Å². The molecular weight excluding hydrogens is 342 g/mol. The predicted molar refractivity (Wildman–Crippen MR) is 102 cm³/mol. The average molecular weight is 357 g/mol. The molecule has 7 nitrogen and oxygen atoms in total. The number of fused-ring (bicyclic) bond motifs is 3. The number of benzene rings is 2. The van der Waals surface area contributed by atoms with Gasteiger partial charge in [0.05, 0.1) is 24.0 Å². The number of nitrogens with zero attached hydrogens (tertiary/aromatic N) is 4. The first-order valence-electron chi connectivity index (χ1n) is 8.44. The minimum atomic E-state index is -0.311. The molecule has 3 heterocycles. The van der Waals surface area contributed by atoms with Crippen molar-refractivity contribution in [3.63, 3.8) is 0 Å². The number of nitrogens with one attached hydrogen (secondary N) is 1. The fourth-order valence-corrected chi connectivity index (χ4v) is 3.24. The molecule has 0 bridgehead atoms. The van der Waals surface area contributed by atoms with Crippen LogP contribution in [0, 0.1) is 0 Å². The van der Waals surface area contributed by atoms with Crippen LogP contribution in [0.15, 0.2) is 71.5 Å². The minimum absolute atomic E-state index is 0.311. The predicted octanol–water partition coefficient (Wildman–Crippen LogP) is 3.01. The summed E-state index contributed by atoms with van der Waals surface area (Å²) in [5, 5.41) is 11.3. The number of aromatic amines is 1. The zero-order valence-corrected chi connectivity index (χ0v) is 14.5. The second kappa shape index (κ2) is 5.84. The second-order valence-electron chi connectivity index (χ2n) is 6.15. The molecule has 5 aromatic rings. The fourth-order valence-electron chi connectivity index (χ4n) is 3.24. The Labute approximate surface area is 153 Å². The number of methoxy groups -OCH3 is 1. The summed E-state index contributed by atoms with van der Waals surface area (Å²) in [5.41, 5.74) is 3.98. The SMILES string of the molecule is COc1ccc(-c2cc3cc(-c4ccccc4)nn3c3n[nH]c(=O)n23)cc1. The molecule has 5 rings (SSSR count). The lowest BCUT2D eigenvalue weighted by Crippen LogP contribution is -2.13. The van der Waals surface area contributed by atoms with Crippen LogP contribution < -0.4 is 10.4 Å². The Kier molecular flexibility index (Phi) is 3.33. The summed E-state index contributed by atoms with van der Waals surface area (Å²) in [5.74, 6) is 1.19. The van der Waals surface area contributed by atoms with Crippen LogP contribution in [-0.2, 0) is 0 Å². The minimum Gasteiger partial charge on any atom is -0.497 e. The van der Waals surface area contributed by atoms with E-state index in [1.165, 1.54) is 4.40 Å². The van der Waals surface area contributed by atoms with Gasteiger partial charge >= 0.3 is 5.69 Å². The third kappa shape index (κ3) is 2.40. The largest absolute Gasteiger partial charge is 0.497 e. The van der Waals surface area contributed by atoms with Crippen LogP contribution in [-0.4, -0.2) is 31.3 Å². The summed E-state index contributed by atoms with van der Waals surface area (Å²) in [7, 11) is 1.62. The number of rotatable bonds is 3. The third-order valence-electron chi connectivity index (χ3n) is 4.56. The lowest BCUT2D eigenvalue weighted by molar-refractivity contribution is 0.415. The van der Waals surface area contributed by atoms with Gasteiger partial charge in [-0.15, -0.1) is 5.10 Å². The van der Waals surface area contributed by atoms with E-state index in [1.807, 2.05) is 66.7 Å². The zero-order valence-electron chi connectivity index (χ0n) is 14.5. The molecule has 0 aliphatic heterocycles. The number of aromatic nitrogens is 5. The molecule has 0 saturated heterocycles. The highest BCUT2D eigenvalue weighted by Crippen LogP contribution is 2.26. The highest BCUT2D eigenvalue weighted by molar-refractivity contribution is 5.73. The smallest absolute Gasteiger partial charge is 0.349 e. The maximum atomic E-state index is 12.4. The van der Waals surface area contributed by atoms with Crippen LogP contribution in [0.1, 0.15) is 0 Å². The number of ether oxygens (including phenoxy) is 1. The normalized spacial score (nSPS) is 11.3. The number of hydrogen-bond acceptors (Lipinski definition) is 4. The second-order valence-corrected chi connectivity index (χ2v) is 6.15. The Hall–Kier alpha value is -3.87. The number of H-pyrrole nitrogens is 1. The Balaban J connectivity index is 1.79. The first kappa shape index (κ1) is 15.4. The van der Waals surface area contributed by atoms with Crippen molar-refractivity contribution in [2.45, 2.75) is 0 Å². The van der Waals surface area contributed by atoms with E-state index in [-0.39, 0.29) is 5.69 Å². The van der Waals surface area contributed by atoms with Crippen LogP contribution in [0.5, 0.6) is 5.75 Å². The molecule has 0 unspecified atom stereocenters. The summed E-state index contributed by atoms with van der Waals surface area (Å²) in [6.45, 7) is 0. The van der Waals surface area contributed by atoms with Crippen molar-refractivity contribution in [1.82, 2.24) is 24.2 Å². The molecule has 0 radical (unpaired) electrons. The molecule has 0 saturated carbocycles. The molecule has 1 N–H and O–H groups in total. The molecule has 0 atom stereocenters. The van der Waals surface area contributed by atoms with Crippen LogP contribution in [0.25, 0.3) is 33.8 Å². The first-order chi connectivity index (χ1) is 13.2. The zero-order chi connectivity index (χ0) is 18.4. The molecular formula is C20H15N5O2. The van der Waals surface area contributed by atoms with Gasteiger partial charge in [0, 0.05) is 5.56 Å². The van der Waals surface area contributed by atoms with E-state index in [0.717, 1.165) is 33.8 Å². The molecule has 3 aromatic heterocycles. The van der Waals surface area contributed by atoms with Gasteiger partial charge in [-0.05, 0) is 42.0 Å². The molecule has 0 aliphatic rings. The van der Waals surface area contributed by atoms with E-state index in [1.54, 1.807) is 11.6 Å². The molecule has 7 heteroatoms. The van der Waals surface area contributed by atoms with Gasteiger partial charge in [-0.25, -0.2) is 14.3 Å². The maximum absolute atomic E-state index is 12.4. The Morgan fingerprint density at radius 3 is 2.48 bits per heavy atom. The van der Waals surface area contributed by atoms with Gasteiger partial charge in [0.25, 0.3) is 5.78 Å². The summed E-state index contributed by atoms with van der Waals surface area (Å²) in [4.78, 5) is 12.4. The van der Waals surface area contributed by atoms with Gasteiger partial charge in [0.2, 0.25) is 0 Å². The van der Waals surface area contributed by atoms with E-state index >= 15 is 0 Å². The van der Waals surface area contributed by atoms with E-state index in [4.69, 9.17) is 4.74 Å². The molecule has 27 heavy (non-hydrogen) atoms. The van der Waals surface area contributed by atoms with Crippen molar-refractivity contribution in [1.29, 1.82) is 0 Å². The fraction of sp³-hybridized carbons (Fsp3) is 0.0500. The van der Waals surface area contributed by atoms with Crippen LogP contribution >= 0.6 is 0 Å². The third-order valence-corrected chi connectivity index (χ3v) is 4.56. The van der Waals surface area contributed by atoms with E-state index < -0.39 is 0 Å². The van der Waals surface area contributed by atoms with E-state index in [0.29, 0.717) is 5.78 Å². The summed E-state index contributed by atoms with van der Waals surface area (Å²) >= 11 is 0. The molecule has 2 aromatic carbocycles. The first-order valence-corrected chi connectivity index (χ1v) is 8.44. The maximum Gasteiger partial charge on any atom is 0.349 e. The van der Waals surface area contributed by atoms with Crippen molar-refractivity contribution in [3.05, 3.63) is 77.2 Å². The quantitative estimate of drug-likeness (QED) is 0.538. The van der Waals surface area contributed by atoms with Gasteiger partial charge in [-0.3, -0.25) is 0 Å². The Morgan fingerprint density at radius 1 is 0.963 bits per heavy atom. The molecule has 0 amide bonds. The van der Waals surface area contributed by atoms with Gasteiger partial charge in [0.1, 0.15) is 5.75 Å². The van der Waals surface area contributed by atoms with Crippen LogP contribution in [0.4, 0.5) is 0 Å². The highest BCUT2D eigenvalue weighted by Gasteiger charge is 2.15. The topological polar surface area (TPSA) is 76.7 Å². The number of hydrogen-bond donors (Lipinski definition) is 1. The van der Waals surface area contributed by atoms with Crippen LogP contribution in [0.2, 0.25) is 0 Å². The van der Waals surface area contributed by atoms with Crippen LogP contribution in [0.3, 0.4) is 0 Å². The molecule has 132 valence electrons. The lowest BCUT2D eigenvalue weighted by atomic mass is 10.1. The van der Waals surface area contributed by atoms with Crippen molar-refractivity contribution < 1.29 is 4.74 Å². The van der Waals surface area contributed by atoms with E-state index in [9.17, 15) is 4.79 Å². The average Bonchev–Trinajstić information content (AvgIpc) is 3.32. The Morgan fingerprint density at radius 2 is 1.74 bits per heavy atom. The summed E-state index contributed by atoms with van der Waals surface area (Å²) in [6.07, 6.45) is 0. The van der Waals surface area contributed by atoms with Gasteiger partial charge in [-0.1, -0.05) is 30.3 Å². The van der Waals surface area contributed by atoms with Gasteiger partial charge in [0.15, 0.2) is 0 Å². The van der Waals surface area contributed by atoms with Gasteiger partial charge in [-0.2, -0.15) is 9.61 Å². The standard InChI is InChI=1S/C20H15N5O2/c1-27-16-9-7-14(8-10-16)18-12-15-11-17(13-5-3-2-4-6-13)23-25(15)19-21-22-20(26)24(18)19/h2-12H,1H3,(H,22,26). The van der Waals surface area contributed by atoms with E-state index in [2.05, 4.69) is 15.3 Å².